The summed E-state index contributed by atoms with van der Waals surface area (Å²) in [6.45, 7) is 3.98. The number of thiazole rings is 1. The Morgan fingerprint density at radius 3 is 2.71 bits per heavy atom. The molecule has 0 saturated carbocycles. The van der Waals surface area contributed by atoms with Crippen molar-refractivity contribution in [2.45, 2.75) is 19.8 Å². The van der Waals surface area contributed by atoms with Crippen molar-refractivity contribution >= 4 is 45.4 Å². The van der Waals surface area contributed by atoms with Crippen LogP contribution in [-0.4, -0.2) is 66.1 Å². The van der Waals surface area contributed by atoms with Crippen LogP contribution in [0.2, 0.25) is 0 Å². The Balaban J connectivity index is 1.70. The minimum Gasteiger partial charge on any atom is -0.341 e. The first-order valence-corrected chi connectivity index (χ1v) is 10.9. The average Bonchev–Trinajstić information content (AvgIpc) is 3.31. The van der Waals surface area contributed by atoms with Crippen LogP contribution in [0.1, 0.15) is 38.4 Å². The van der Waals surface area contributed by atoms with Crippen molar-refractivity contribution in [2.24, 2.45) is 5.92 Å². The van der Waals surface area contributed by atoms with Gasteiger partial charge in [0.25, 0.3) is 5.91 Å². The number of thiophene rings is 1. The van der Waals surface area contributed by atoms with Crippen molar-refractivity contribution in [3.8, 4) is 0 Å². The molecule has 1 aliphatic carbocycles. The number of nitrogens with one attached hydrogen (secondary N) is 1. The zero-order valence-electron chi connectivity index (χ0n) is 16.2. The van der Waals surface area contributed by atoms with Crippen LogP contribution >= 0.6 is 22.7 Å². The molecule has 9 heteroatoms. The lowest BCUT2D eigenvalue weighted by Gasteiger charge is -2.28. The van der Waals surface area contributed by atoms with E-state index in [1.54, 1.807) is 11.0 Å². The van der Waals surface area contributed by atoms with Crippen molar-refractivity contribution < 1.29 is 14.4 Å². The summed E-state index contributed by atoms with van der Waals surface area (Å²) in [5, 5.41) is 5.00. The summed E-state index contributed by atoms with van der Waals surface area (Å²) in [6, 6.07) is 3.54. The maximum absolute atomic E-state index is 12.9. The van der Waals surface area contributed by atoms with Gasteiger partial charge in [0.05, 0.1) is 21.4 Å². The number of fused-ring (bicyclic) bond motifs is 1. The zero-order chi connectivity index (χ0) is 20.3. The van der Waals surface area contributed by atoms with Crippen molar-refractivity contribution in [1.82, 2.24) is 14.8 Å². The fourth-order valence-electron chi connectivity index (χ4n) is 3.13. The SMILES string of the molecule is CCN(CCN(C)C)C(=O)C1CC(=O)c2sc(NC(=O)c3cccs3)nc2C1. The molecule has 1 N–H and O–H groups in total. The third-order valence-corrected chi connectivity index (χ3v) is 6.57. The highest BCUT2D eigenvalue weighted by atomic mass is 32.1. The lowest BCUT2D eigenvalue weighted by molar-refractivity contribution is -0.135. The van der Waals surface area contributed by atoms with Crippen molar-refractivity contribution in [3.63, 3.8) is 0 Å². The zero-order valence-corrected chi connectivity index (χ0v) is 17.9. The van der Waals surface area contributed by atoms with Gasteiger partial charge < -0.3 is 9.80 Å². The molecule has 1 aliphatic rings. The number of rotatable bonds is 7. The Morgan fingerprint density at radius 1 is 1.29 bits per heavy atom. The van der Waals surface area contributed by atoms with E-state index in [4.69, 9.17) is 0 Å². The predicted octanol–water partition coefficient (Wildman–Crippen LogP) is 2.61. The number of carbonyl (C=O) groups is 3. The lowest BCUT2D eigenvalue weighted by Crippen LogP contribution is -2.42. The molecule has 2 heterocycles. The Morgan fingerprint density at radius 2 is 2.07 bits per heavy atom. The van der Waals surface area contributed by atoms with E-state index in [9.17, 15) is 14.4 Å². The lowest BCUT2D eigenvalue weighted by atomic mass is 9.89. The smallest absolute Gasteiger partial charge is 0.267 e. The van der Waals surface area contributed by atoms with E-state index < -0.39 is 0 Å². The van der Waals surface area contributed by atoms with Gasteiger partial charge in [-0.15, -0.1) is 11.3 Å². The van der Waals surface area contributed by atoms with E-state index in [0.717, 1.165) is 6.54 Å². The standard InChI is InChI=1S/C19H24N4O3S2/c1-4-23(8-7-22(2)3)18(26)12-10-13-16(14(24)11-12)28-19(20-13)21-17(25)15-6-5-9-27-15/h5-6,9,12H,4,7-8,10-11H2,1-3H3,(H,20,21,25). The number of Topliss-reactive ketones (excluding diaryl/α,β-unsaturated/α-hetero) is 1. The van der Waals surface area contributed by atoms with E-state index in [1.165, 1.54) is 22.7 Å². The molecule has 28 heavy (non-hydrogen) atoms. The number of anilines is 1. The molecule has 0 fully saturated rings. The number of amides is 2. The molecule has 2 aromatic rings. The molecule has 3 rings (SSSR count). The maximum atomic E-state index is 12.9. The number of aromatic nitrogens is 1. The van der Waals surface area contributed by atoms with Gasteiger partial charge in [-0.25, -0.2) is 4.98 Å². The van der Waals surface area contributed by atoms with E-state index in [1.807, 2.05) is 37.4 Å². The summed E-state index contributed by atoms with van der Waals surface area (Å²) in [6.07, 6.45) is 0.633. The van der Waals surface area contributed by atoms with Crippen LogP contribution in [0.15, 0.2) is 17.5 Å². The molecule has 1 unspecified atom stereocenters. The van der Waals surface area contributed by atoms with Gasteiger partial charge in [0, 0.05) is 32.5 Å². The van der Waals surface area contributed by atoms with Gasteiger partial charge in [-0.3, -0.25) is 19.7 Å². The third kappa shape index (κ3) is 4.65. The summed E-state index contributed by atoms with van der Waals surface area (Å²) >= 11 is 2.54. The van der Waals surface area contributed by atoms with Crippen LogP contribution in [-0.2, 0) is 11.2 Å². The van der Waals surface area contributed by atoms with Gasteiger partial charge >= 0.3 is 0 Å². The summed E-state index contributed by atoms with van der Waals surface area (Å²) < 4.78 is 0. The first-order valence-electron chi connectivity index (χ1n) is 9.20. The van der Waals surface area contributed by atoms with E-state index >= 15 is 0 Å². The van der Waals surface area contributed by atoms with Crippen molar-refractivity contribution in [2.75, 3.05) is 39.0 Å². The number of ketones is 1. The number of hydrogen-bond donors (Lipinski definition) is 1. The van der Waals surface area contributed by atoms with Crippen LogP contribution in [0, 0.1) is 5.92 Å². The number of hydrogen-bond acceptors (Lipinski definition) is 7. The first-order chi connectivity index (χ1) is 13.4. The Bertz CT molecular complexity index is 861. The van der Waals surface area contributed by atoms with E-state index in [2.05, 4.69) is 10.3 Å². The second kappa shape index (κ2) is 8.93. The average molecular weight is 421 g/mol. The number of carbonyl (C=O) groups excluding carboxylic acids is 3. The highest BCUT2D eigenvalue weighted by Crippen LogP contribution is 2.33. The molecule has 0 aromatic carbocycles. The topological polar surface area (TPSA) is 82.6 Å². The summed E-state index contributed by atoms with van der Waals surface area (Å²) in [5.74, 6) is -0.690. The minimum absolute atomic E-state index is 0.000483. The van der Waals surface area contributed by atoms with Crippen LogP contribution in [0.3, 0.4) is 0 Å². The molecular formula is C19H24N4O3S2. The fourth-order valence-corrected chi connectivity index (χ4v) is 4.68. The molecule has 0 bridgehead atoms. The fraction of sp³-hybridized carbons (Fsp3) is 0.474. The van der Waals surface area contributed by atoms with Gasteiger partial charge in [-0.1, -0.05) is 17.4 Å². The third-order valence-electron chi connectivity index (χ3n) is 4.65. The second-order valence-corrected chi connectivity index (χ2v) is 8.92. The molecule has 150 valence electrons. The van der Waals surface area contributed by atoms with Crippen LogP contribution in [0.4, 0.5) is 5.13 Å². The number of likely N-dealkylation sites (N-methyl/N-ethyl adjacent to an activating group) is 2. The largest absolute Gasteiger partial charge is 0.341 e. The highest BCUT2D eigenvalue weighted by Gasteiger charge is 2.35. The monoisotopic (exact) mass is 420 g/mol. The van der Waals surface area contributed by atoms with E-state index in [-0.39, 0.29) is 29.9 Å². The van der Waals surface area contributed by atoms with E-state index in [0.29, 0.717) is 40.1 Å². The normalized spacial score (nSPS) is 16.1. The molecule has 7 nitrogen and oxygen atoms in total. The predicted molar refractivity (Wildman–Crippen MR) is 111 cm³/mol. The van der Waals surface area contributed by atoms with Gasteiger partial charge in [-0.2, -0.15) is 0 Å². The van der Waals surface area contributed by atoms with Crippen LogP contribution in [0.5, 0.6) is 0 Å². The summed E-state index contributed by atoms with van der Waals surface area (Å²) in [7, 11) is 3.94. The van der Waals surface area contributed by atoms with Gasteiger partial charge in [0.15, 0.2) is 10.9 Å². The van der Waals surface area contributed by atoms with Crippen molar-refractivity contribution in [3.05, 3.63) is 33.0 Å². The second-order valence-electron chi connectivity index (χ2n) is 6.98. The van der Waals surface area contributed by atoms with Gasteiger partial charge in [0.1, 0.15) is 0 Å². The summed E-state index contributed by atoms with van der Waals surface area (Å²) in [4.78, 5) is 47.1. The molecule has 0 saturated heterocycles. The summed E-state index contributed by atoms with van der Waals surface area (Å²) in [5.41, 5.74) is 0.616. The first kappa shape index (κ1) is 20.6. The molecule has 1 atom stereocenters. The Hall–Kier alpha value is -2.10. The highest BCUT2D eigenvalue weighted by molar-refractivity contribution is 7.18. The molecular weight excluding hydrogens is 396 g/mol. The quantitative estimate of drug-likeness (QED) is 0.745. The number of nitrogens with zero attached hydrogens (tertiary/aromatic N) is 3. The minimum atomic E-state index is -0.384. The Kier molecular flexibility index (Phi) is 6.58. The molecule has 0 radical (unpaired) electrons. The molecule has 0 aliphatic heterocycles. The molecule has 0 spiro atoms. The van der Waals surface area contributed by atoms with Gasteiger partial charge in [0.2, 0.25) is 5.91 Å². The molecule has 2 aromatic heterocycles. The van der Waals surface area contributed by atoms with Crippen LogP contribution in [0.25, 0.3) is 0 Å². The van der Waals surface area contributed by atoms with Crippen molar-refractivity contribution in [1.29, 1.82) is 0 Å². The van der Waals surface area contributed by atoms with Crippen LogP contribution < -0.4 is 5.32 Å². The maximum Gasteiger partial charge on any atom is 0.267 e. The Labute approximate surface area is 172 Å². The molecule has 2 amide bonds. The van der Waals surface area contributed by atoms with Gasteiger partial charge in [-0.05, 0) is 32.5 Å².